The molecule has 1 aliphatic heterocycles. The molecule has 19 heavy (non-hydrogen) atoms. The Morgan fingerprint density at radius 2 is 2.26 bits per heavy atom. The third-order valence-corrected chi connectivity index (χ3v) is 3.64. The standard InChI is InChI=1S/C14H24N4O/c1-4-11-6-7-18(9-11)14-8-12(15-3)16-13(17-14)10-19-5-2/h8,11H,4-7,9-10H2,1-3H3,(H,15,16,17). The Balaban J connectivity index is 2.14. The fourth-order valence-electron chi connectivity index (χ4n) is 2.41. The highest BCUT2D eigenvalue weighted by molar-refractivity contribution is 5.49. The number of hydrogen-bond donors (Lipinski definition) is 1. The molecule has 0 amide bonds. The Labute approximate surface area is 115 Å². The summed E-state index contributed by atoms with van der Waals surface area (Å²) in [5.41, 5.74) is 0. The van der Waals surface area contributed by atoms with Crippen molar-refractivity contribution in [3.05, 3.63) is 11.9 Å². The molecule has 5 nitrogen and oxygen atoms in total. The Morgan fingerprint density at radius 3 is 2.89 bits per heavy atom. The van der Waals surface area contributed by atoms with Crippen LogP contribution in [0.15, 0.2) is 6.07 Å². The quantitative estimate of drug-likeness (QED) is 0.854. The van der Waals surface area contributed by atoms with Gasteiger partial charge in [-0.1, -0.05) is 13.3 Å². The molecule has 1 saturated heterocycles. The van der Waals surface area contributed by atoms with Crippen LogP contribution in [0.25, 0.3) is 0 Å². The molecule has 1 fully saturated rings. The Morgan fingerprint density at radius 1 is 1.42 bits per heavy atom. The molecule has 1 N–H and O–H groups in total. The molecule has 1 aliphatic rings. The van der Waals surface area contributed by atoms with E-state index in [-0.39, 0.29) is 0 Å². The molecule has 0 spiro atoms. The zero-order valence-electron chi connectivity index (χ0n) is 12.1. The first-order valence-electron chi connectivity index (χ1n) is 7.15. The van der Waals surface area contributed by atoms with E-state index in [1.165, 1.54) is 12.8 Å². The van der Waals surface area contributed by atoms with Gasteiger partial charge in [0.15, 0.2) is 5.82 Å². The van der Waals surface area contributed by atoms with Gasteiger partial charge in [0, 0.05) is 32.8 Å². The first-order chi connectivity index (χ1) is 9.26. The van der Waals surface area contributed by atoms with E-state index in [1.807, 2.05) is 20.0 Å². The fraction of sp³-hybridized carbons (Fsp3) is 0.714. The second-order valence-electron chi connectivity index (χ2n) is 4.92. The maximum atomic E-state index is 5.41. The van der Waals surface area contributed by atoms with Gasteiger partial charge < -0.3 is 15.0 Å². The summed E-state index contributed by atoms with van der Waals surface area (Å²) in [7, 11) is 1.88. The highest BCUT2D eigenvalue weighted by Crippen LogP contribution is 2.25. The van der Waals surface area contributed by atoms with Crippen LogP contribution in [-0.4, -0.2) is 36.7 Å². The van der Waals surface area contributed by atoms with Crippen molar-refractivity contribution in [3.63, 3.8) is 0 Å². The maximum Gasteiger partial charge on any atom is 0.158 e. The van der Waals surface area contributed by atoms with Crippen molar-refractivity contribution in [1.82, 2.24) is 9.97 Å². The number of ether oxygens (including phenoxy) is 1. The van der Waals surface area contributed by atoms with Crippen molar-refractivity contribution < 1.29 is 4.74 Å². The normalized spacial score (nSPS) is 18.9. The largest absolute Gasteiger partial charge is 0.374 e. The SMILES string of the molecule is CCOCc1nc(NC)cc(N2CCC(CC)C2)n1. The van der Waals surface area contributed by atoms with Crippen LogP contribution in [-0.2, 0) is 11.3 Å². The van der Waals surface area contributed by atoms with Gasteiger partial charge in [-0.2, -0.15) is 0 Å². The zero-order chi connectivity index (χ0) is 13.7. The van der Waals surface area contributed by atoms with E-state index in [2.05, 4.69) is 27.1 Å². The predicted octanol–water partition coefficient (Wildman–Crippen LogP) is 2.29. The van der Waals surface area contributed by atoms with E-state index in [4.69, 9.17) is 4.74 Å². The highest BCUT2D eigenvalue weighted by Gasteiger charge is 2.22. The summed E-state index contributed by atoms with van der Waals surface area (Å²) in [6.45, 7) is 7.59. The predicted molar refractivity (Wildman–Crippen MR) is 77.5 cm³/mol. The monoisotopic (exact) mass is 264 g/mol. The summed E-state index contributed by atoms with van der Waals surface area (Å²) in [5, 5.41) is 3.10. The average Bonchev–Trinajstić information content (AvgIpc) is 2.93. The smallest absolute Gasteiger partial charge is 0.158 e. The molecule has 0 radical (unpaired) electrons. The van der Waals surface area contributed by atoms with E-state index >= 15 is 0 Å². The van der Waals surface area contributed by atoms with Crippen LogP contribution in [0.2, 0.25) is 0 Å². The molecule has 0 bridgehead atoms. The topological polar surface area (TPSA) is 50.3 Å². The van der Waals surface area contributed by atoms with Crippen molar-refractivity contribution in [2.24, 2.45) is 5.92 Å². The van der Waals surface area contributed by atoms with Crippen LogP contribution >= 0.6 is 0 Å². The minimum absolute atomic E-state index is 0.476. The fourth-order valence-corrected chi connectivity index (χ4v) is 2.41. The summed E-state index contributed by atoms with van der Waals surface area (Å²) < 4.78 is 5.41. The van der Waals surface area contributed by atoms with Crippen LogP contribution in [0, 0.1) is 5.92 Å². The molecule has 0 aromatic carbocycles. The van der Waals surface area contributed by atoms with Crippen LogP contribution < -0.4 is 10.2 Å². The first-order valence-corrected chi connectivity index (χ1v) is 7.15. The Hall–Kier alpha value is -1.36. The lowest BCUT2D eigenvalue weighted by molar-refractivity contribution is 0.128. The highest BCUT2D eigenvalue weighted by atomic mass is 16.5. The lowest BCUT2D eigenvalue weighted by Crippen LogP contribution is -2.22. The summed E-state index contributed by atoms with van der Waals surface area (Å²) in [4.78, 5) is 11.4. The van der Waals surface area contributed by atoms with Gasteiger partial charge in [0.05, 0.1) is 0 Å². The zero-order valence-corrected chi connectivity index (χ0v) is 12.1. The molecule has 0 aliphatic carbocycles. The van der Waals surface area contributed by atoms with Crippen LogP contribution in [0.1, 0.15) is 32.5 Å². The van der Waals surface area contributed by atoms with Crippen molar-refractivity contribution in [2.75, 3.05) is 37.0 Å². The van der Waals surface area contributed by atoms with E-state index in [9.17, 15) is 0 Å². The Bertz CT molecular complexity index is 410. The third-order valence-electron chi connectivity index (χ3n) is 3.64. The second kappa shape index (κ2) is 6.70. The van der Waals surface area contributed by atoms with Gasteiger partial charge in [0.25, 0.3) is 0 Å². The van der Waals surface area contributed by atoms with E-state index in [0.717, 1.165) is 36.5 Å². The molecular weight excluding hydrogens is 240 g/mol. The van der Waals surface area contributed by atoms with Gasteiger partial charge in [-0.3, -0.25) is 0 Å². The van der Waals surface area contributed by atoms with Gasteiger partial charge >= 0.3 is 0 Å². The van der Waals surface area contributed by atoms with Crippen molar-refractivity contribution >= 4 is 11.6 Å². The number of anilines is 2. The number of hydrogen-bond acceptors (Lipinski definition) is 5. The molecule has 2 heterocycles. The molecule has 1 aromatic heterocycles. The number of rotatable bonds is 6. The maximum absolute atomic E-state index is 5.41. The van der Waals surface area contributed by atoms with Gasteiger partial charge in [0.2, 0.25) is 0 Å². The van der Waals surface area contributed by atoms with E-state index in [0.29, 0.717) is 13.2 Å². The summed E-state index contributed by atoms with van der Waals surface area (Å²) in [6, 6.07) is 2.02. The molecule has 0 saturated carbocycles. The molecule has 1 aromatic rings. The second-order valence-corrected chi connectivity index (χ2v) is 4.92. The molecule has 2 rings (SSSR count). The van der Waals surface area contributed by atoms with Crippen LogP contribution in [0.5, 0.6) is 0 Å². The third kappa shape index (κ3) is 3.56. The summed E-state index contributed by atoms with van der Waals surface area (Å²) in [6.07, 6.45) is 2.50. The Kier molecular flexibility index (Phi) is 4.96. The van der Waals surface area contributed by atoms with Gasteiger partial charge in [0.1, 0.15) is 18.2 Å². The first kappa shape index (κ1) is 14.1. The molecule has 1 unspecified atom stereocenters. The average molecular weight is 264 g/mol. The lowest BCUT2D eigenvalue weighted by Gasteiger charge is -2.19. The summed E-state index contributed by atoms with van der Waals surface area (Å²) >= 11 is 0. The number of nitrogens with zero attached hydrogens (tertiary/aromatic N) is 3. The van der Waals surface area contributed by atoms with E-state index < -0.39 is 0 Å². The molecular formula is C14H24N4O. The summed E-state index contributed by atoms with van der Waals surface area (Å²) in [5.74, 6) is 3.43. The van der Waals surface area contributed by atoms with Crippen LogP contribution in [0.4, 0.5) is 11.6 Å². The molecule has 106 valence electrons. The van der Waals surface area contributed by atoms with Crippen molar-refractivity contribution in [2.45, 2.75) is 33.3 Å². The van der Waals surface area contributed by atoms with Crippen molar-refractivity contribution in [3.8, 4) is 0 Å². The molecule has 5 heteroatoms. The van der Waals surface area contributed by atoms with Gasteiger partial charge in [-0.05, 0) is 19.3 Å². The lowest BCUT2D eigenvalue weighted by atomic mass is 10.1. The van der Waals surface area contributed by atoms with Gasteiger partial charge in [-0.25, -0.2) is 9.97 Å². The van der Waals surface area contributed by atoms with Crippen LogP contribution in [0.3, 0.4) is 0 Å². The number of nitrogens with one attached hydrogen (secondary N) is 1. The molecule has 1 atom stereocenters. The van der Waals surface area contributed by atoms with Gasteiger partial charge in [-0.15, -0.1) is 0 Å². The van der Waals surface area contributed by atoms with E-state index in [1.54, 1.807) is 0 Å². The van der Waals surface area contributed by atoms with Crippen molar-refractivity contribution in [1.29, 1.82) is 0 Å². The minimum Gasteiger partial charge on any atom is -0.374 e. The minimum atomic E-state index is 0.476. The number of aromatic nitrogens is 2.